The van der Waals surface area contributed by atoms with Gasteiger partial charge in [-0.15, -0.1) is 21.5 Å². The van der Waals surface area contributed by atoms with Crippen molar-refractivity contribution < 1.29 is 9.47 Å². The van der Waals surface area contributed by atoms with Crippen molar-refractivity contribution in [3.8, 4) is 11.5 Å². The predicted octanol–water partition coefficient (Wildman–Crippen LogP) is 5.55. The third-order valence-electron chi connectivity index (χ3n) is 5.62. The van der Waals surface area contributed by atoms with Crippen LogP contribution in [0.1, 0.15) is 30.5 Å². The molecule has 180 valence electrons. The first kappa shape index (κ1) is 23.4. The molecule has 35 heavy (non-hydrogen) atoms. The molecule has 5 rings (SSSR count). The number of rotatable bonds is 9. The molecule has 0 aliphatic carbocycles. The second-order valence-corrected chi connectivity index (χ2v) is 9.92. The number of hydrogen-bond acceptors (Lipinski definition) is 7. The summed E-state index contributed by atoms with van der Waals surface area (Å²) in [6.45, 7) is 7.39. The van der Waals surface area contributed by atoms with Gasteiger partial charge in [-0.25, -0.2) is 0 Å². The Balaban J connectivity index is 1.54. The standard InChI is InChI=1S/C26H26N4O3S2/c1-4-32-21-11-10-19(14-22(21)33-5-2)15-29-24(31)23-20(12-13-34-23)30-25(29)27-28-26(30)35-16-18-8-6-17(3)7-9-18/h6-14H,4-5,15-16H2,1-3H3. The Labute approximate surface area is 211 Å². The van der Waals surface area contributed by atoms with Crippen molar-refractivity contribution in [2.75, 3.05) is 13.2 Å². The zero-order valence-electron chi connectivity index (χ0n) is 19.9. The summed E-state index contributed by atoms with van der Waals surface area (Å²) in [5, 5.41) is 11.6. The summed E-state index contributed by atoms with van der Waals surface area (Å²) in [6, 6.07) is 16.2. The SMILES string of the molecule is CCOc1ccc(Cn2c(=O)c3sccc3n3c(SCc4ccc(C)cc4)nnc23)cc1OCC. The van der Waals surface area contributed by atoms with Crippen LogP contribution in [0.3, 0.4) is 0 Å². The maximum absolute atomic E-state index is 13.4. The Morgan fingerprint density at radius 2 is 1.69 bits per heavy atom. The third-order valence-corrected chi connectivity index (χ3v) is 7.51. The van der Waals surface area contributed by atoms with Crippen LogP contribution < -0.4 is 15.0 Å². The highest BCUT2D eigenvalue weighted by Gasteiger charge is 2.19. The number of thiophene rings is 1. The molecule has 2 aromatic carbocycles. The van der Waals surface area contributed by atoms with Gasteiger partial charge in [0.2, 0.25) is 5.78 Å². The predicted molar refractivity (Wildman–Crippen MR) is 141 cm³/mol. The molecule has 0 saturated carbocycles. The van der Waals surface area contributed by atoms with Gasteiger partial charge >= 0.3 is 0 Å². The van der Waals surface area contributed by atoms with E-state index in [4.69, 9.17) is 9.47 Å². The van der Waals surface area contributed by atoms with Crippen LogP contribution in [0.15, 0.2) is 63.9 Å². The minimum absolute atomic E-state index is 0.0724. The van der Waals surface area contributed by atoms with Crippen LogP contribution in [0.5, 0.6) is 11.5 Å². The molecule has 0 bridgehead atoms. The summed E-state index contributed by atoms with van der Waals surface area (Å²) in [5.41, 5.74) is 4.14. The molecule has 5 aromatic rings. The van der Waals surface area contributed by atoms with Crippen LogP contribution in [0, 0.1) is 6.92 Å². The molecule has 0 aliphatic rings. The first-order chi connectivity index (χ1) is 17.1. The second-order valence-electron chi connectivity index (χ2n) is 8.07. The number of nitrogens with zero attached hydrogens (tertiary/aromatic N) is 4. The lowest BCUT2D eigenvalue weighted by Gasteiger charge is -2.14. The van der Waals surface area contributed by atoms with Gasteiger partial charge in [0, 0.05) is 5.75 Å². The number of aryl methyl sites for hydroxylation is 1. The van der Waals surface area contributed by atoms with Crippen molar-refractivity contribution in [1.82, 2.24) is 19.2 Å². The molecule has 0 spiro atoms. The molecule has 9 heteroatoms. The molecule has 0 N–H and O–H groups in total. The zero-order chi connectivity index (χ0) is 24.4. The maximum atomic E-state index is 13.4. The van der Waals surface area contributed by atoms with E-state index in [0.29, 0.717) is 41.7 Å². The van der Waals surface area contributed by atoms with Gasteiger partial charge in [-0.1, -0.05) is 47.7 Å². The van der Waals surface area contributed by atoms with Gasteiger partial charge in [0.15, 0.2) is 16.7 Å². The van der Waals surface area contributed by atoms with E-state index in [-0.39, 0.29) is 5.56 Å². The van der Waals surface area contributed by atoms with Crippen LogP contribution in [0.4, 0.5) is 0 Å². The summed E-state index contributed by atoms with van der Waals surface area (Å²) in [4.78, 5) is 13.4. The van der Waals surface area contributed by atoms with E-state index in [1.54, 1.807) is 16.3 Å². The number of fused-ring (bicyclic) bond motifs is 3. The van der Waals surface area contributed by atoms with E-state index >= 15 is 0 Å². The minimum atomic E-state index is -0.0724. The molecule has 7 nitrogen and oxygen atoms in total. The van der Waals surface area contributed by atoms with Gasteiger partial charge in [0.1, 0.15) is 4.70 Å². The highest BCUT2D eigenvalue weighted by Crippen LogP contribution is 2.30. The average molecular weight is 507 g/mol. The molecule has 3 aromatic heterocycles. The number of ether oxygens (including phenoxy) is 2. The molecule has 0 fully saturated rings. The number of aromatic nitrogens is 4. The lowest BCUT2D eigenvalue weighted by molar-refractivity contribution is 0.287. The van der Waals surface area contributed by atoms with Crippen molar-refractivity contribution in [3.05, 3.63) is 81.0 Å². The smallest absolute Gasteiger partial charge is 0.273 e. The summed E-state index contributed by atoms with van der Waals surface area (Å²) < 4.78 is 15.8. The largest absolute Gasteiger partial charge is 0.490 e. The molecular weight excluding hydrogens is 480 g/mol. The number of hydrogen-bond donors (Lipinski definition) is 0. The van der Waals surface area contributed by atoms with Crippen molar-refractivity contribution >= 4 is 39.1 Å². The highest BCUT2D eigenvalue weighted by atomic mass is 32.2. The molecule has 0 radical (unpaired) electrons. The molecule has 3 heterocycles. The molecule has 0 unspecified atom stereocenters. The Morgan fingerprint density at radius 3 is 2.46 bits per heavy atom. The summed E-state index contributed by atoms with van der Waals surface area (Å²) >= 11 is 3.05. The minimum Gasteiger partial charge on any atom is -0.490 e. The van der Waals surface area contributed by atoms with Gasteiger partial charge in [0.25, 0.3) is 5.56 Å². The fourth-order valence-electron chi connectivity index (χ4n) is 3.94. The van der Waals surface area contributed by atoms with E-state index in [1.807, 2.05) is 47.9 Å². The van der Waals surface area contributed by atoms with Crippen molar-refractivity contribution in [2.24, 2.45) is 0 Å². The van der Waals surface area contributed by atoms with Crippen LogP contribution >= 0.6 is 23.1 Å². The van der Waals surface area contributed by atoms with Crippen LogP contribution in [0.2, 0.25) is 0 Å². The van der Waals surface area contributed by atoms with Crippen LogP contribution in [-0.4, -0.2) is 32.4 Å². The van der Waals surface area contributed by atoms with Gasteiger partial charge in [-0.2, -0.15) is 0 Å². The third kappa shape index (κ3) is 4.66. The van der Waals surface area contributed by atoms with E-state index in [2.05, 4.69) is 41.4 Å². The Kier molecular flexibility index (Phi) is 6.79. The number of thioether (sulfide) groups is 1. The van der Waals surface area contributed by atoms with Crippen LogP contribution in [-0.2, 0) is 12.3 Å². The van der Waals surface area contributed by atoms with Gasteiger partial charge in [-0.05, 0) is 55.5 Å². The monoisotopic (exact) mass is 506 g/mol. The van der Waals surface area contributed by atoms with Crippen molar-refractivity contribution in [1.29, 1.82) is 0 Å². The summed E-state index contributed by atoms with van der Waals surface area (Å²) in [7, 11) is 0. The molecule has 0 saturated heterocycles. The van der Waals surface area contributed by atoms with Gasteiger partial charge < -0.3 is 9.47 Å². The fourth-order valence-corrected chi connectivity index (χ4v) is 5.66. The van der Waals surface area contributed by atoms with Crippen molar-refractivity contribution in [3.63, 3.8) is 0 Å². The first-order valence-electron chi connectivity index (χ1n) is 11.5. The second kappa shape index (κ2) is 10.1. The van der Waals surface area contributed by atoms with Crippen molar-refractivity contribution in [2.45, 2.75) is 38.2 Å². The number of benzene rings is 2. The summed E-state index contributed by atoms with van der Waals surface area (Å²) in [6.07, 6.45) is 0. The first-order valence-corrected chi connectivity index (χ1v) is 13.4. The molecule has 0 atom stereocenters. The summed E-state index contributed by atoms with van der Waals surface area (Å²) in [5.74, 6) is 2.66. The highest BCUT2D eigenvalue weighted by molar-refractivity contribution is 7.98. The van der Waals surface area contributed by atoms with E-state index < -0.39 is 0 Å². The van der Waals surface area contributed by atoms with E-state index in [1.165, 1.54) is 22.5 Å². The van der Waals surface area contributed by atoms with Gasteiger partial charge in [0.05, 0.1) is 25.3 Å². The Hall–Kier alpha value is -3.30. The van der Waals surface area contributed by atoms with E-state index in [9.17, 15) is 4.79 Å². The lowest BCUT2D eigenvalue weighted by Crippen LogP contribution is -2.23. The molecule has 0 aliphatic heterocycles. The Bertz CT molecular complexity index is 1540. The van der Waals surface area contributed by atoms with Gasteiger partial charge in [-0.3, -0.25) is 13.8 Å². The molecular formula is C26H26N4O3S2. The normalized spacial score (nSPS) is 11.4. The lowest BCUT2D eigenvalue weighted by atomic mass is 10.2. The maximum Gasteiger partial charge on any atom is 0.273 e. The zero-order valence-corrected chi connectivity index (χ0v) is 21.5. The quantitative estimate of drug-likeness (QED) is 0.244. The van der Waals surface area contributed by atoms with E-state index in [0.717, 1.165) is 22.0 Å². The van der Waals surface area contributed by atoms with Crippen LogP contribution in [0.25, 0.3) is 16.0 Å². The fraction of sp³-hybridized carbons (Fsp3) is 0.269. The Morgan fingerprint density at radius 1 is 0.943 bits per heavy atom. The average Bonchev–Trinajstić information content (AvgIpc) is 3.50. The topological polar surface area (TPSA) is 70.7 Å². The molecule has 0 amide bonds.